The standard InChI is InChI=1S/C17H25N/c1-3-18-16(17(2)11-12-17)15-9-7-14(8-10-15)13-5-4-6-13/h7-10,13,16,18H,3-6,11-12H2,1-2H3. The SMILES string of the molecule is CCNC(c1ccc(C2CCC2)cc1)C1(C)CC1. The van der Waals surface area contributed by atoms with Crippen LogP contribution in [-0.4, -0.2) is 6.54 Å². The largest absolute Gasteiger partial charge is 0.310 e. The Bertz CT molecular complexity index is 398. The summed E-state index contributed by atoms with van der Waals surface area (Å²) < 4.78 is 0. The fourth-order valence-electron chi connectivity index (χ4n) is 3.16. The first-order valence-corrected chi connectivity index (χ1v) is 7.56. The first kappa shape index (κ1) is 12.2. The van der Waals surface area contributed by atoms with Crippen LogP contribution >= 0.6 is 0 Å². The van der Waals surface area contributed by atoms with Gasteiger partial charge in [0.05, 0.1) is 0 Å². The van der Waals surface area contributed by atoms with Crippen molar-refractivity contribution in [3.05, 3.63) is 35.4 Å². The fraction of sp³-hybridized carbons (Fsp3) is 0.647. The van der Waals surface area contributed by atoms with E-state index in [9.17, 15) is 0 Å². The van der Waals surface area contributed by atoms with Crippen LogP contribution in [-0.2, 0) is 0 Å². The lowest BCUT2D eigenvalue weighted by atomic mass is 9.79. The molecule has 1 aromatic rings. The summed E-state index contributed by atoms with van der Waals surface area (Å²) in [6.45, 7) is 5.69. The number of nitrogens with one attached hydrogen (secondary N) is 1. The highest BCUT2D eigenvalue weighted by atomic mass is 14.9. The van der Waals surface area contributed by atoms with Crippen LogP contribution in [0.4, 0.5) is 0 Å². The van der Waals surface area contributed by atoms with Crippen molar-refractivity contribution in [1.82, 2.24) is 5.32 Å². The van der Waals surface area contributed by atoms with Crippen molar-refractivity contribution in [3.8, 4) is 0 Å². The third-order valence-corrected chi connectivity index (χ3v) is 4.99. The first-order valence-electron chi connectivity index (χ1n) is 7.56. The van der Waals surface area contributed by atoms with Crippen LogP contribution in [0.3, 0.4) is 0 Å². The van der Waals surface area contributed by atoms with Crippen molar-refractivity contribution < 1.29 is 0 Å². The van der Waals surface area contributed by atoms with E-state index in [-0.39, 0.29) is 0 Å². The second kappa shape index (κ2) is 4.70. The third-order valence-electron chi connectivity index (χ3n) is 4.99. The summed E-state index contributed by atoms with van der Waals surface area (Å²) in [5.41, 5.74) is 3.55. The Morgan fingerprint density at radius 1 is 1.22 bits per heavy atom. The maximum absolute atomic E-state index is 3.68. The Hall–Kier alpha value is -0.820. The summed E-state index contributed by atoms with van der Waals surface area (Å²) in [5, 5.41) is 3.68. The minimum absolute atomic E-state index is 0.508. The summed E-state index contributed by atoms with van der Waals surface area (Å²) in [5.74, 6) is 0.855. The lowest BCUT2D eigenvalue weighted by Crippen LogP contribution is -2.27. The zero-order chi connectivity index (χ0) is 12.6. The van der Waals surface area contributed by atoms with Gasteiger partial charge in [-0.25, -0.2) is 0 Å². The van der Waals surface area contributed by atoms with Gasteiger partial charge in [0, 0.05) is 6.04 Å². The van der Waals surface area contributed by atoms with E-state index >= 15 is 0 Å². The molecule has 0 amide bonds. The van der Waals surface area contributed by atoms with Crippen molar-refractivity contribution in [2.75, 3.05) is 6.54 Å². The second-order valence-electron chi connectivity index (χ2n) is 6.44. The minimum atomic E-state index is 0.508. The summed E-state index contributed by atoms with van der Waals surface area (Å²) in [6.07, 6.45) is 6.95. The van der Waals surface area contributed by atoms with Gasteiger partial charge in [0.25, 0.3) is 0 Å². The molecule has 18 heavy (non-hydrogen) atoms. The zero-order valence-corrected chi connectivity index (χ0v) is 11.7. The smallest absolute Gasteiger partial charge is 0.0374 e. The van der Waals surface area contributed by atoms with E-state index in [0.717, 1.165) is 12.5 Å². The monoisotopic (exact) mass is 243 g/mol. The molecule has 2 aliphatic carbocycles. The summed E-state index contributed by atoms with van der Waals surface area (Å²) in [4.78, 5) is 0. The molecule has 0 heterocycles. The van der Waals surface area contributed by atoms with Crippen molar-refractivity contribution in [2.45, 2.75) is 57.9 Å². The average molecular weight is 243 g/mol. The molecule has 2 fully saturated rings. The maximum atomic E-state index is 3.68. The number of hydrogen-bond acceptors (Lipinski definition) is 1. The van der Waals surface area contributed by atoms with E-state index in [1.165, 1.54) is 37.7 Å². The van der Waals surface area contributed by atoms with Gasteiger partial charge in [0.15, 0.2) is 0 Å². The Morgan fingerprint density at radius 2 is 1.89 bits per heavy atom. The topological polar surface area (TPSA) is 12.0 Å². The second-order valence-corrected chi connectivity index (χ2v) is 6.44. The quantitative estimate of drug-likeness (QED) is 0.808. The molecule has 1 atom stereocenters. The molecule has 0 saturated heterocycles. The molecule has 1 N–H and O–H groups in total. The molecule has 1 aromatic carbocycles. The molecule has 1 nitrogen and oxygen atoms in total. The van der Waals surface area contributed by atoms with Crippen LogP contribution in [0.2, 0.25) is 0 Å². The molecule has 0 aliphatic heterocycles. The normalized spacial score (nSPS) is 23.4. The van der Waals surface area contributed by atoms with E-state index < -0.39 is 0 Å². The van der Waals surface area contributed by atoms with Crippen LogP contribution in [0.15, 0.2) is 24.3 Å². The summed E-state index contributed by atoms with van der Waals surface area (Å²) >= 11 is 0. The van der Waals surface area contributed by atoms with Crippen LogP contribution in [0.5, 0.6) is 0 Å². The minimum Gasteiger partial charge on any atom is -0.310 e. The fourth-order valence-corrected chi connectivity index (χ4v) is 3.16. The molecule has 2 saturated carbocycles. The van der Waals surface area contributed by atoms with Gasteiger partial charge < -0.3 is 5.32 Å². The highest BCUT2D eigenvalue weighted by molar-refractivity contribution is 5.30. The van der Waals surface area contributed by atoms with E-state index in [0.29, 0.717) is 11.5 Å². The van der Waals surface area contributed by atoms with Gasteiger partial charge in [-0.3, -0.25) is 0 Å². The highest BCUT2D eigenvalue weighted by Crippen LogP contribution is 2.54. The van der Waals surface area contributed by atoms with Crippen molar-refractivity contribution in [2.24, 2.45) is 5.41 Å². The Balaban J connectivity index is 1.77. The van der Waals surface area contributed by atoms with Gasteiger partial charge in [-0.1, -0.05) is 44.5 Å². The summed E-state index contributed by atoms with van der Waals surface area (Å²) in [7, 11) is 0. The lowest BCUT2D eigenvalue weighted by Gasteiger charge is -2.28. The zero-order valence-electron chi connectivity index (χ0n) is 11.7. The van der Waals surface area contributed by atoms with Gasteiger partial charge in [-0.15, -0.1) is 0 Å². The van der Waals surface area contributed by atoms with Crippen LogP contribution < -0.4 is 5.32 Å². The molecule has 0 radical (unpaired) electrons. The van der Waals surface area contributed by atoms with Gasteiger partial charge in [-0.05, 0) is 54.7 Å². The number of benzene rings is 1. The van der Waals surface area contributed by atoms with Crippen molar-refractivity contribution >= 4 is 0 Å². The molecule has 1 heteroatoms. The number of hydrogen-bond donors (Lipinski definition) is 1. The molecular formula is C17H25N. The molecular weight excluding hydrogens is 218 g/mol. The van der Waals surface area contributed by atoms with E-state index in [1.54, 1.807) is 5.56 Å². The average Bonchev–Trinajstić information content (AvgIpc) is 3.04. The van der Waals surface area contributed by atoms with Gasteiger partial charge in [-0.2, -0.15) is 0 Å². The summed E-state index contributed by atoms with van der Waals surface area (Å²) in [6, 6.07) is 10.0. The molecule has 2 aliphatic rings. The molecule has 0 aromatic heterocycles. The van der Waals surface area contributed by atoms with E-state index in [1.807, 2.05) is 0 Å². The predicted molar refractivity (Wildman–Crippen MR) is 76.8 cm³/mol. The molecule has 98 valence electrons. The van der Waals surface area contributed by atoms with Gasteiger partial charge in [0.2, 0.25) is 0 Å². The van der Waals surface area contributed by atoms with Crippen molar-refractivity contribution in [3.63, 3.8) is 0 Å². The van der Waals surface area contributed by atoms with Gasteiger partial charge >= 0.3 is 0 Å². The Kier molecular flexibility index (Phi) is 3.19. The van der Waals surface area contributed by atoms with Crippen LogP contribution in [0, 0.1) is 5.41 Å². The highest BCUT2D eigenvalue weighted by Gasteiger charge is 2.45. The van der Waals surface area contributed by atoms with Crippen molar-refractivity contribution in [1.29, 1.82) is 0 Å². The van der Waals surface area contributed by atoms with E-state index in [4.69, 9.17) is 0 Å². The molecule has 1 unspecified atom stereocenters. The molecule has 3 rings (SSSR count). The first-order chi connectivity index (χ1) is 8.73. The Labute approximate surface area is 111 Å². The lowest BCUT2D eigenvalue weighted by molar-refractivity contribution is 0.373. The maximum Gasteiger partial charge on any atom is 0.0374 e. The molecule has 0 bridgehead atoms. The van der Waals surface area contributed by atoms with Crippen LogP contribution in [0.25, 0.3) is 0 Å². The Morgan fingerprint density at radius 3 is 2.33 bits per heavy atom. The number of rotatable bonds is 5. The molecule has 0 spiro atoms. The van der Waals surface area contributed by atoms with Crippen LogP contribution in [0.1, 0.15) is 69.0 Å². The predicted octanol–water partition coefficient (Wildman–Crippen LogP) is 4.40. The van der Waals surface area contributed by atoms with Gasteiger partial charge in [0.1, 0.15) is 0 Å². The van der Waals surface area contributed by atoms with E-state index in [2.05, 4.69) is 43.4 Å². The third kappa shape index (κ3) is 2.21.